The molecule has 0 aliphatic rings. The van der Waals surface area contributed by atoms with Gasteiger partial charge in [0.15, 0.2) is 16.8 Å². The lowest BCUT2D eigenvalue weighted by atomic mass is 10.2. The molecule has 3 N–H and O–H groups in total. The van der Waals surface area contributed by atoms with Crippen molar-refractivity contribution in [2.75, 3.05) is 39.1 Å². The van der Waals surface area contributed by atoms with Crippen LogP contribution in [0.4, 0.5) is 19.0 Å². The average molecular weight is 358 g/mol. The molecule has 1 aromatic heterocycles. The Bertz CT molecular complexity index is 492. The molecule has 0 amide bonds. The van der Waals surface area contributed by atoms with Crippen LogP contribution in [0.15, 0.2) is 0 Å². The zero-order valence-corrected chi connectivity index (χ0v) is 13.3. The molecule has 0 radical (unpaired) electrons. The first-order valence-electron chi connectivity index (χ1n) is 6.83. The van der Waals surface area contributed by atoms with Crippen LogP contribution in [0, 0.1) is 0 Å². The second-order valence-corrected chi connectivity index (χ2v) is 5.41. The van der Waals surface area contributed by atoms with E-state index in [0.717, 1.165) is 0 Å². The standard InChI is InChI=1S/C12H19ClF3N5O2/c1-21(5-8(22)6-23-7-12(14,15)16)4-2-3-9-18-11(17)10(13)20-19-9/h8,22H,2-7H2,1H3,(H2,17,18,19)/t8-/m1/s1. The van der Waals surface area contributed by atoms with E-state index in [4.69, 9.17) is 17.3 Å². The predicted molar refractivity (Wildman–Crippen MR) is 77.9 cm³/mol. The fourth-order valence-electron chi connectivity index (χ4n) is 1.79. The molecule has 0 saturated heterocycles. The maximum Gasteiger partial charge on any atom is 0.411 e. The first kappa shape index (κ1) is 19.8. The highest BCUT2D eigenvalue weighted by Gasteiger charge is 2.27. The van der Waals surface area contributed by atoms with Crippen molar-refractivity contribution in [1.82, 2.24) is 20.1 Å². The van der Waals surface area contributed by atoms with E-state index >= 15 is 0 Å². The first-order chi connectivity index (χ1) is 10.7. The summed E-state index contributed by atoms with van der Waals surface area (Å²) in [5.41, 5.74) is 5.51. The molecule has 11 heteroatoms. The van der Waals surface area contributed by atoms with Crippen molar-refractivity contribution in [3.05, 3.63) is 11.0 Å². The summed E-state index contributed by atoms with van der Waals surface area (Å²) in [7, 11) is 1.74. The normalized spacial score (nSPS) is 13.5. The molecule has 7 nitrogen and oxygen atoms in total. The molecular weight excluding hydrogens is 339 g/mol. The van der Waals surface area contributed by atoms with Crippen molar-refractivity contribution in [1.29, 1.82) is 0 Å². The Morgan fingerprint density at radius 3 is 2.70 bits per heavy atom. The lowest BCUT2D eigenvalue weighted by Gasteiger charge is -2.20. The van der Waals surface area contributed by atoms with Gasteiger partial charge in [-0.2, -0.15) is 13.2 Å². The van der Waals surface area contributed by atoms with Crippen molar-refractivity contribution in [3.8, 4) is 0 Å². The number of rotatable bonds is 9. The third-order valence-corrected chi connectivity index (χ3v) is 3.02. The van der Waals surface area contributed by atoms with Crippen molar-refractivity contribution in [2.24, 2.45) is 0 Å². The maximum absolute atomic E-state index is 11.9. The van der Waals surface area contributed by atoms with Gasteiger partial charge in [-0.15, -0.1) is 10.2 Å². The number of aromatic nitrogens is 3. The summed E-state index contributed by atoms with van der Waals surface area (Å²) in [6.45, 7) is -0.956. The van der Waals surface area contributed by atoms with Crippen LogP contribution in [0.1, 0.15) is 12.2 Å². The molecule has 0 spiro atoms. The molecule has 0 aliphatic heterocycles. The first-order valence-corrected chi connectivity index (χ1v) is 7.21. The second-order valence-electron chi connectivity index (χ2n) is 5.05. The van der Waals surface area contributed by atoms with E-state index in [0.29, 0.717) is 25.2 Å². The smallest absolute Gasteiger partial charge is 0.389 e. The Hall–Kier alpha value is -1.23. The Balaban J connectivity index is 2.20. The van der Waals surface area contributed by atoms with Crippen molar-refractivity contribution >= 4 is 17.4 Å². The Morgan fingerprint density at radius 2 is 2.09 bits per heavy atom. The number of ether oxygens (including phenoxy) is 1. The molecule has 1 atom stereocenters. The number of likely N-dealkylation sites (N-methyl/N-ethyl adjacent to an activating group) is 1. The highest BCUT2D eigenvalue weighted by molar-refractivity contribution is 6.31. The van der Waals surface area contributed by atoms with Gasteiger partial charge in [0.1, 0.15) is 6.61 Å². The van der Waals surface area contributed by atoms with Gasteiger partial charge < -0.3 is 20.5 Å². The molecule has 0 aliphatic carbocycles. The fourth-order valence-corrected chi connectivity index (χ4v) is 1.87. The number of anilines is 1. The van der Waals surface area contributed by atoms with Crippen LogP contribution in [0.5, 0.6) is 0 Å². The van der Waals surface area contributed by atoms with Crippen LogP contribution in [0.25, 0.3) is 0 Å². The lowest BCUT2D eigenvalue weighted by Crippen LogP contribution is -2.34. The monoisotopic (exact) mass is 357 g/mol. The summed E-state index contributed by atoms with van der Waals surface area (Å²) in [5.74, 6) is 0.566. The number of alkyl halides is 3. The van der Waals surface area contributed by atoms with E-state index in [1.807, 2.05) is 0 Å². The topological polar surface area (TPSA) is 97.4 Å². The summed E-state index contributed by atoms with van der Waals surface area (Å²) in [6.07, 6.45) is -4.21. The minimum absolute atomic E-state index is 0.0489. The SMILES string of the molecule is CN(CCCc1nnc(Cl)c(N)n1)C[C@@H](O)COCC(F)(F)F. The van der Waals surface area contributed by atoms with Gasteiger partial charge in [0.25, 0.3) is 0 Å². The predicted octanol–water partition coefficient (Wildman–Crippen LogP) is 0.911. The summed E-state index contributed by atoms with van der Waals surface area (Å²) in [6, 6.07) is 0. The molecule has 0 fully saturated rings. The maximum atomic E-state index is 11.9. The van der Waals surface area contributed by atoms with Gasteiger partial charge in [-0.05, 0) is 20.0 Å². The van der Waals surface area contributed by atoms with E-state index in [2.05, 4.69) is 19.9 Å². The Labute approximate surface area is 136 Å². The molecule has 1 rings (SSSR count). The number of aryl methyl sites for hydroxylation is 1. The van der Waals surface area contributed by atoms with Crippen molar-refractivity contribution in [2.45, 2.75) is 25.1 Å². The van der Waals surface area contributed by atoms with Crippen LogP contribution >= 0.6 is 11.6 Å². The van der Waals surface area contributed by atoms with E-state index in [9.17, 15) is 18.3 Å². The minimum Gasteiger partial charge on any atom is -0.389 e. The van der Waals surface area contributed by atoms with Gasteiger partial charge in [-0.1, -0.05) is 11.6 Å². The number of aliphatic hydroxyl groups is 1. The number of aliphatic hydroxyl groups excluding tert-OH is 1. The van der Waals surface area contributed by atoms with E-state index < -0.39 is 18.9 Å². The van der Waals surface area contributed by atoms with E-state index in [1.54, 1.807) is 11.9 Å². The van der Waals surface area contributed by atoms with Crippen LogP contribution in [0.2, 0.25) is 5.15 Å². The molecule has 23 heavy (non-hydrogen) atoms. The zero-order valence-electron chi connectivity index (χ0n) is 12.6. The molecule has 132 valence electrons. The average Bonchev–Trinajstić information content (AvgIpc) is 2.41. The number of nitrogens with two attached hydrogens (primary N) is 1. The summed E-state index contributed by atoms with van der Waals surface area (Å²) >= 11 is 5.61. The van der Waals surface area contributed by atoms with Crippen LogP contribution in [-0.2, 0) is 11.2 Å². The third kappa shape index (κ3) is 8.84. The number of hydrogen-bond donors (Lipinski definition) is 2. The molecule has 0 aromatic carbocycles. The van der Waals surface area contributed by atoms with Gasteiger partial charge in [0.2, 0.25) is 0 Å². The minimum atomic E-state index is -4.39. The number of halogens is 4. The highest BCUT2D eigenvalue weighted by Crippen LogP contribution is 2.14. The lowest BCUT2D eigenvalue weighted by molar-refractivity contribution is -0.179. The molecule has 0 unspecified atom stereocenters. The summed E-state index contributed by atoms with van der Waals surface area (Å²) in [4.78, 5) is 5.74. The quantitative estimate of drug-likeness (QED) is 0.678. The fraction of sp³-hybridized carbons (Fsp3) is 0.750. The van der Waals surface area contributed by atoms with Gasteiger partial charge in [-0.3, -0.25) is 0 Å². The van der Waals surface area contributed by atoms with Crippen LogP contribution < -0.4 is 5.73 Å². The summed E-state index contributed by atoms with van der Waals surface area (Å²) in [5, 5.41) is 17.1. The third-order valence-electron chi connectivity index (χ3n) is 2.75. The zero-order chi connectivity index (χ0) is 17.5. The number of hydrogen-bond acceptors (Lipinski definition) is 7. The Kier molecular flexibility index (Phi) is 7.89. The largest absolute Gasteiger partial charge is 0.411 e. The second kappa shape index (κ2) is 9.16. The summed E-state index contributed by atoms with van der Waals surface area (Å²) < 4.78 is 40.1. The van der Waals surface area contributed by atoms with Crippen LogP contribution in [-0.4, -0.2) is 70.8 Å². The molecule has 1 aromatic rings. The van der Waals surface area contributed by atoms with Gasteiger partial charge in [-0.25, -0.2) is 4.98 Å². The number of nitrogens with zero attached hydrogens (tertiary/aromatic N) is 4. The van der Waals surface area contributed by atoms with Crippen molar-refractivity contribution < 1.29 is 23.0 Å². The van der Waals surface area contributed by atoms with Gasteiger partial charge in [0, 0.05) is 13.0 Å². The number of nitrogen functional groups attached to an aromatic ring is 1. The highest BCUT2D eigenvalue weighted by atomic mass is 35.5. The van der Waals surface area contributed by atoms with Gasteiger partial charge >= 0.3 is 6.18 Å². The van der Waals surface area contributed by atoms with E-state index in [-0.39, 0.29) is 24.1 Å². The Morgan fingerprint density at radius 1 is 1.39 bits per heavy atom. The molecular formula is C12H19ClF3N5O2. The molecule has 1 heterocycles. The molecule has 0 saturated carbocycles. The molecule has 0 bridgehead atoms. The van der Waals surface area contributed by atoms with Gasteiger partial charge in [0.05, 0.1) is 12.7 Å². The van der Waals surface area contributed by atoms with Crippen molar-refractivity contribution in [3.63, 3.8) is 0 Å². The van der Waals surface area contributed by atoms with Crippen LogP contribution in [0.3, 0.4) is 0 Å². The van der Waals surface area contributed by atoms with E-state index in [1.165, 1.54) is 0 Å².